The zero-order valence-corrected chi connectivity index (χ0v) is 16.7. The van der Waals surface area contributed by atoms with Gasteiger partial charge in [0.05, 0.1) is 12.6 Å². The van der Waals surface area contributed by atoms with Gasteiger partial charge in [-0.2, -0.15) is 0 Å². The molecule has 1 N–H and O–H groups in total. The molecule has 4 heterocycles. The van der Waals surface area contributed by atoms with Gasteiger partial charge < -0.3 is 15.0 Å². The maximum Gasteiger partial charge on any atom is 0.410 e. The lowest BCUT2D eigenvalue weighted by molar-refractivity contribution is -0.119. The Hall–Kier alpha value is -1.72. The number of carbonyl (C=O) groups excluding carboxylic acids is 2. The Morgan fingerprint density at radius 1 is 1.30 bits per heavy atom. The molecule has 3 atom stereocenters. The number of hydrogen-bond donors (Lipinski definition) is 1. The highest BCUT2D eigenvalue weighted by Gasteiger charge is 2.48. The van der Waals surface area contributed by atoms with Crippen LogP contribution in [0.25, 0.3) is 0 Å². The topological polar surface area (TPSA) is 61.9 Å². The molecule has 0 aliphatic carbocycles. The molecule has 3 fully saturated rings. The van der Waals surface area contributed by atoms with E-state index >= 15 is 0 Å². The second-order valence-electron chi connectivity index (χ2n) is 8.70. The lowest BCUT2D eigenvalue weighted by Gasteiger charge is -2.45. The monoisotopic (exact) mass is 375 g/mol. The quantitative estimate of drug-likeness (QED) is 0.820. The minimum atomic E-state index is -0.157. The van der Waals surface area contributed by atoms with E-state index in [1.807, 2.05) is 11.8 Å². The van der Waals surface area contributed by atoms with Crippen LogP contribution in [0.15, 0.2) is 11.8 Å². The number of hydrogen-bond acceptors (Lipinski definition) is 4. The fourth-order valence-electron chi connectivity index (χ4n) is 5.80. The van der Waals surface area contributed by atoms with E-state index in [4.69, 9.17) is 4.74 Å². The van der Waals surface area contributed by atoms with E-state index in [-0.39, 0.29) is 29.5 Å². The molecule has 3 unspecified atom stereocenters. The molecule has 0 aromatic carbocycles. The van der Waals surface area contributed by atoms with E-state index in [1.165, 1.54) is 5.70 Å². The molecular formula is C21H33N3O3. The predicted octanol–water partition coefficient (Wildman–Crippen LogP) is 3.03. The first kappa shape index (κ1) is 18.6. The van der Waals surface area contributed by atoms with Crippen molar-refractivity contribution in [2.45, 2.75) is 83.3 Å². The molecule has 6 nitrogen and oxygen atoms in total. The Labute approximate surface area is 162 Å². The summed E-state index contributed by atoms with van der Waals surface area (Å²) in [7, 11) is 0. The standard InChI is InChI=1S/C21H33N3O3/c1-3-5-18-21(14-19(25)22-18)8-10-23(11-9-21)17-12-15-6-7-16(13-17)24(15)20(26)27-4-2/h12,15-16,18H,3-11,13-14H2,1-2H3,(H,22,25). The van der Waals surface area contributed by atoms with Crippen LogP contribution in [0.2, 0.25) is 0 Å². The van der Waals surface area contributed by atoms with Crippen molar-refractivity contribution in [1.29, 1.82) is 0 Å². The van der Waals surface area contributed by atoms with Crippen LogP contribution in [0.5, 0.6) is 0 Å². The molecule has 2 amide bonds. The lowest BCUT2D eigenvalue weighted by atomic mass is 9.71. The van der Waals surface area contributed by atoms with Gasteiger partial charge in [-0.1, -0.05) is 13.3 Å². The van der Waals surface area contributed by atoms with E-state index in [0.717, 1.165) is 58.0 Å². The van der Waals surface area contributed by atoms with E-state index in [2.05, 4.69) is 23.2 Å². The number of nitrogens with one attached hydrogen (secondary N) is 1. The first-order valence-electron chi connectivity index (χ1n) is 10.8. The normalized spacial score (nSPS) is 31.9. The van der Waals surface area contributed by atoms with Crippen molar-refractivity contribution >= 4 is 12.0 Å². The molecule has 3 saturated heterocycles. The molecule has 6 heteroatoms. The smallest absolute Gasteiger partial charge is 0.410 e. The highest BCUT2D eigenvalue weighted by atomic mass is 16.6. The molecule has 1 spiro atoms. The summed E-state index contributed by atoms with van der Waals surface area (Å²) in [4.78, 5) is 28.8. The average Bonchev–Trinajstić information content (AvgIpc) is 3.09. The first-order valence-corrected chi connectivity index (χ1v) is 10.8. The summed E-state index contributed by atoms with van der Waals surface area (Å²) >= 11 is 0. The van der Waals surface area contributed by atoms with Gasteiger partial charge in [-0.15, -0.1) is 0 Å². The molecule has 27 heavy (non-hydrogen) atoms. The van der Waals surface area contributed by atoms with Crippen LogP contribution in [-0.2, 0) is 9.53 Å². The van der Waals surface area contributed by atoms with Gasteiger partial charge in [-0.25, -0.2) is 4.79 Å². The van der Waals surface area contributed by atoms with Crippen LogP contribution in [0.4, 0.5) is 4.79 Å². The van der Waals surface area contributed by atoms with Crippen LogP contribution in [0.3, 0.4) is 0 Å². The van der Waals surface area contributed by atoms with Crippen molar-refractivity contribution in [3.05, 3.63) is 11.8 Å². The van der Waals surface area contributed by atoms with Crippen molar-refractivity contribution in [1.82, 2.24) is 15.1 Å². The van der Waals surface area contributed by atoms with Crippen LogP contribution >= 0.6 is 0 Å². The summed E-state index contributed by atoms with van der Waals surface area (Å²) < 4.78 is 5.26. The number of likely N-dealkylation sites (tertiary alicyclic amines) is 1. The number of amides is 2. The largest absolute Gasteiger partial charge is 0.450 e. The van der Waals surface area contributed by atoms with Gasteiger partial charge in [0, 0.05) is 49.1 Å². The third kappa shape index (κ3) is 3.32. The summed E-state index contributed by atoms with van der Waals surface area (Å²) in [6.07, 6.45) is 10.3. The van der Waals surface area contributed by atoms with Gasteiger partial charge in [0.25, 0.3) is 0 Å². The highest BCUT2D eigenvalue weighted by molar-refractivity contribution is 5.80. The van der Waals surface area contributed by atoms with E-state index < -0.39 is 0 Å². The molecule has 0 radical (unpaired) electrons. The lowest BCUT2D eigenvalue weighted by Crippen LogP contribution is -2.49. The number of piperidine rings is 1. The zero-order valence-electron chi connectivity index (χ0n) is 16.7. The minimum Gasteiger partial charge on any atom is -0.450 e. The maximum atomic E-state index is 12.3. The SMILES string of the molecule is CCCC1NC(=O)CC12CCN(C1=CC3CCC(C1)N3C(=O)OCC)CC2. The van der Waals surface area contributed by atoms with Gasteiger partial charge in [0.2, 0.25) is 5.91 Å². The van der Waals surface area contributed by atoms with Crippen LogP contribution in [-0.4, -0.2) is 59.6 Å². The van der Waals surface area contributed by atoms with Gasteiger partial charge in [0.1, 0.15) is 0 Å². The number of rotatable bonds is 4. The van der Waals surface area contributed by atoms with Crippen LogP contribution < -0.4 is 5.32 Å². The van der Waals surface area contributed by atoms with E-state index in [0.29, 0.717) is 19.1 Å². The van der Waals surface area contributed by atoms with Crippen LogP contribution in [0, 0.1) is 5.41 Å². The molecule has 150 valence electrons. The fraction of sp³-hybridized carbons (Fsp3) is 0.810. The Bertz CT molecular complexity index is 624. The summed E-state index contributed by atoms with van der Waals surface area (Å²) in [5, 5.41) is 3.23. The van der Waals surface area contributed by atoms with Crippen molar-refractivity contribution in [2.24, 2.45) is 5.41 Å². The first-order chi connectivity index (χ1) is 13.1. The second kappa shape index (κ2) is 7.36. The van der Waals surface area contributed by atoms with Gasteiger partial charge >= 0.3 is 6.09 Å². The van der Waals surface area contributed by atoms with Crippen molar-refractivity contribution < 1.29 is 14.3 Å². The van der Waals surface area contributed by atoms with Crippen molar-refractivity contribution in [3.8, 4) is 0 Å². The van der Waals surface area contributed by atoms with Crippen LogP contribution in [0.1, 0.15) is 65.2 Å². The minimum absolute atomic E-state index is 0.157. The van der Waals surface area contributed by atoms with E-state index in [9.17, 15) is 9.59 Å². The Morgan fingerprint density at radius 2 is 2.07 bits per heavy atom. The van der Waals surface area contributed by atoms with Gasteiger partial charge in [-0.3, -0.25) is 9.69 Å². The molecule has 4 aliphatic heterocycles. The number of fused-ring (bicyclic) bond motifs is 2. The number of carbonyl (C=O) groups is 2. The molecule has 0 saturated carbocycles. The van der Waals surface area contributed by atoms with Gasteiger partial charge in [0.15, 0.2) is 0 Å². The molecule has 2 bridgehead atoms. The molecule has 4 rings (SSSR count). The molecule has 0 aromatic heterocycles. The number of ether oxygens (including phenoxy) is 1. The fourth-order valence-corrected chi connectivity index (χ4v) is 5.80. The average molecular weight is 376 g/mol. The third-order valence-electron chi connectivity index (χ3n) is 7.18. The molecule has 0 aromatic rings. The molecule has 4 aliphatic rings. The summed E-state index contributed by atoms with van der Waals surface area (Å²) in [5.74, 6) is 0.238. The van der Waals surface area contributed by atoms with Crippen molar-refractivity contribution in [3.63, 3.8) is 0 Å². The molecular weight excluding hydrogens is 342 g/mol. The highest BCUT2D eigenvalue weighted by Crippen LogP contribution is 2.45. The number of nitrogens with zero attached hydrogens (tertiary/aromatic N) is 2. The summed E-state index contributed by atoms with van der Waals surface area (Å²) in [6.45, 7) is 6.55. The zero-order chi connectivity index (χ0) is 19.0. The summed E-state index contributed by atoms with van der Waals surface area (Å²) in [6, 6.07) is 0.830. The van der Waals surface area contributed by atoms with E-state index in [1.54, 1.807) is 0 Å². The maximum absolute atomic E-state index is 12.3. The third-order valence-corrected chi connectivity index (χ3v) is 7.18. The Kier molecular flexibility index (Phi) is 5.08. The second-order valence-corrected chi connectivity index (χ2v) is 8.70. The Balaban J connectivity index is 1.41. The Morgan fingerprint density at radius 3 is 2.74 bits per heavy atom. The summed E-state index contributed by atoms with van der Waals surface area (Å²) in [5.41, 5.74) is 1.57. The predicted molar refractivity (Wildman–Crippen MR) is 103 cm³/mol. The van der Waals surface area contributed by atoms with Gasteiger partial charge in [-0.05, 0) is 45.1 Å². The van der Waals surface area contributed by atoms with Crippen molar-refractivity contribution in [2.75, 3.05) is 19.7 Å².